The molecular weight excluding hydrogens is 390 g/mol. The van der Waals surface area contributed by atoms with Crippen LogP contribution in [-0.2, 0) is 29.4 Å². The second kappa shape index (κ2) is 8.64. The van der Waals surface area contributed by atoms with Gasteiger partial charge in [-0.25, -0.2) is 18.5 Å². The summed E-state index contributed by atoms with van der Waals surface area (Å²) < 4.78 is 23.4. The number of aliphatic hydroxyl groups excluding tert-OH is 1. The molecule has 4 N–H and O–H groups in total. The number of hydrogen-bond acceptors (Lipinski definition) is 7. The van der Waals surface area contributed by atoms with Gasteiger partial charge in [0, 0.05) is 24.8 Å². The van der Waals surface area contributed by atoms with Gasteiger partial charge in [0.25, 0.3) is 0 Å². The fourth-order valence-corrected chi connectivity index (χ4v) is 3.95. The van der Waals surface area contributed by atoms with Crippen LogP contribution in [0.2, 0.25) is 0 Å². The standard InChI is InChI=1S/C20H29N5O3S/c1-4-16-10-19(24-20(22-16)23-18(12-26)13(2)3)25-8-7-14-5-6-17(29(21,27)28)9-15(14)11-25/h5-6,9-10,13,18,26H,4,7-8,11-12H2,1-3H3,(H2,21,27,28)(H,22,23,24)/t18-/m0/s1. The van der Waals surface area contributed by atoms with E-state index in [-0.39, 0.29) is 23.5 Å². The van der Waals surface area contributed by atoms with Crippen LogP contribution < -0.4 is 15.4 Å². The van der Waals surface area contributed by atoms with E-state index in [1.807, 2.05) is 32.9 Å². The Morgan fingerprint density at radius 1 is 1.24 bits per heavy atom. The molecule has 0 saturated carbocycles. The van der Waals surface area contributed by atoms with Crippen LogP contribution >= 0.6 is 0 Å². The monoisotopic (exact) mass is 419 g/mol. The van der Waals surface area contributed by atoms with Gasteiger partial charge in [-0.2, -0.15) is 4.98 Å². The number of sulfonamides is 1. The maximum atomic E-state index is 11.7. The molecule has 0 aliphatic carbocycles. The van der Waals surface area contributed by atoms with Crippen molar-refractivity contribution in [2.24, 2.45) is 11.1 Å². The average Bonchev–Trinajstić information content (AvgIpc) is 2.69. The highest BCUT2D eigenvalue weighted by molar-refractivity contribution is 7.89. The normalized spacial score (nSPS) is 15.3. The first kappa shape index (κ1) is 21.5. The first-order valence-corrected chi connectivity index (χ1v) is 11.4. The summed E-state index contributed by atoms with van der Waals surface area (Å²) in [5.74, 6) is 1.51. The lowest BCUT2D eigenvalue weighted by molar-refractivity contribution is 0.248. The molecule has 0 amide bonds. The van der Waals surface area contributed by atoms with Crippen LogP contribution in [0.5, 0.6) is 0 Å². The number of nitrogens with two attached hydrogens (primary N) is 1. The highest BCUT2D eigenvalue weighted by Crippen LogP contribution is 2.26. The van der Waals surface area contributed by atoms with Gasteiger partial charge in [-0.1, -0.05) is 26.8 Å². The Labute approximate surface area is 172 Å². The quantitative estimate of drug-likeness (QED) is 0.624. The van der Waals surface area contributed by atoms with Gasteiger partial charge in [0.1, 0.15) is 5.82 Å². The largest absolute Gasteiger partial charge is 0.394 e. The van der Waals surface area contributed by atoms with Crippen LogP contribution in [-0.4, -0.2) is 42.7 Å². The third-order valence-corrected chi connectivity index (χ3v) is 6.20. The number of aryl methyl sites for hydroxylation is 1. The molecule has 1 aromatic carbocycles. The van der Waals surface area contributed by atoms with Crippen LogP contribution in [0.4, 0.5) is 11.8 Å². The minimum atomic E-state index is -3.74. The van der Waals surface area contributed by atoms with Gasteiger partial charge in [-0.05, 0) is 42.0 Å². The smallest absolute Gasteiger partial charge is 0.238 e. The minimum absolute atomic E-state index is 0.000141. The van der Waals surface area contributed by atoms with Gasteiger partial charge in [0.05, 0.1) is 17.5 Å². The first-order chi connectivity index (χ1) is 13.7. The molecule has 0 bridgehead atoms. The molecule has 1 aliphatic heterocycles. The molecular formula is C20H29N5O3S. The number of aliphatic hydroxyl groups is 1. The van der Waals surface area contributed by atoms with Gasteiger partial charge < -0.3 is 15.3 Å². The number of fused-ring (bicyclic) bond motifs is 1. The highest BCUT2D eigenvalue weighted by Gasteiger charge is 2.22. The van der Waals surface area contributed by atoms with Crippen molar-refractivity contribution in [2.75, 3.05) is 23.4 Å². The number of aromatic nitrogens is 2. The van der Waals surface area contributed by atoms with Crippen LogP contribution in [0.1, 0.15) is 37.6 Å². The van der Waals surface area contributed by atoms with Crippen LogP contribution in [0, 0.1) is 5.92 Å². The number of anilines is 2. The molecule has 1 aliphatic rings. The molecule has 29 heavy (non-hydrogen) atoms. The summed E-state index contributed by atoms with van der Waals surface area (Å²) in [6, 6.07) is 6.88. The number of benzene rings is 1. The molecule has 0 spiro atoms. The second-order valence-corrected chi connectivity index (χ2v) is 9.28. The van der Waals surface area contributed by atoms with Gasteiger partial charge >= 0.3 is 0 Å². The van der Waals surface area contributed by atoms with Crippen molar-refractivity contribution in [2.45, 2.75) is 51.1 Å². The van der Waals surface area contributed by atoms with E-state index in [2.05, 4.69) is 20.2 Å². The number of rotatable bonds is 7. The summed E-state index contributed by atoms with van der Waals surface area (Å²) in [6.45, 7) is 7.42. The zero-order valence-electron chi connectivity index (χ0n) is 17.1. The SMILES string of the molecule is CCc1cc(N2CCc3ccc(S(N)(=O)=O)cc3C2)nc(N[C@@H](CO)C(C)C)n1. The molecule has 8 nitrogen and oxygen atoms in total. The molecule has 0 saturated heterocycles. The van der Waals surface area contributed by atoms with Crippen molar-refractivity contribution < 1.29 is 13.5 Å². The molecule has 2 heterocycles. The average molecular weight is 420 g/mol. The van der Waals surface area contributed by atoms with Crippen LogP contribution in [0.15, 0.2) is 29.2 Å². The van der Waals surface area contributed by atoms with Crippen molar-refractivity contribution in [3.8, 4) is 0 Å². The van der Waals surface area contributed by atoms with Crippen molar-refractivity contribution in [1.29, 1.82) is 0 Å². The van der Waals surface area contributed by atoms with Crippen LogP contribution in [0.25, 0.3) is 0 Å². The Balaban J connectivity index is 1.90. The third-order valence-electron chi connectivity index (χ3n) is 5.29. The molecule has 2 aromatic rings. The van der Waals surface area contributed by atoms with E-state index in [1.54, 1.807) is 12.1 Å². The van der Waals surface area contributed by atoms with Crippen molar-refractivity contribution >= 4 is 21.8 Å². The van der Waals surface area contributed by atoms with Gasteiger partial charge in [-0.3, -0.25) is 0 Å². The summed E-state index contributed by atoms with van der Waals surface area (Å²) in [5.41, 5.74) is 2.96. The summed E-state index contributed by atoms with van der Waals surface area (Å²) in [4.78, 5) is 11.5. The van der Waals surface area contributed by atoms with Crippen molar-refractivity contribution in [1.82, 2.24) is 9.97 Å². The Kier molecular flexibility index (Phi) is 6.40. The first-order valence-electron chi connectivity index (χ1n) is 9.86. The lowest BCUT2D eigenvalue weighted by atomic mass is 10.00. The fourth-order valence-electron chi connectivity index (χ4n) is 3.39. The zero-order chi connectivity index (χ0) is 21.2. The minimum Gasteiger partial charge on any atom is -0.394 e. The molecule has 0 radical (unpaired) electrons. The molecule has 9 heteroatoms. The van der Waals surface area contributed by atoms with E-state index in [4.69, 9.17) is 5.14 Å². The van der Waals surface area contributed by atoms with E-state index in [9.17, 15) is 13.5 Å². The summed E-state index contributed by atoms with van der Waals surface area (Å²) in [6.07, 6.45) is 1.55. The Bertz CT molecular complexity index is 978. The summed E-state index contributed by atoms with van der Waals surface area (Å²) in [7, 11) is -3.74. The lowest BCUT2D eigenvalue weighted by Gasteiger charge is -2.31. The maximum absolute atomic E-state index is 11.7. The predicted molar refractivity (Wildman–Crippen MR) is 113 cm³/mol. The Morgan fingerprint density at radius 2 is 2.00 bits per heavy atom. The maximum Gasteiger partial charge on any atom is 0.238 e. The van der Waals surface area contributed by atoms with Gasteiger partial charge in [0.15, 0.2) is 0 Å². The topological polar surface area (TPSA) is 121 Å². The summed E-state index contributed by atoms with van der Waals surface area (Å²) in [5, 5.41) is 18.1. The lowest BCUT2D eigenvalue weighted by Crippen LogP contribution is -2.33. The molecule has 3 rings (SSSR count). The third kappa shape index (κ3) is 5.04. The molecule has 158 valence electrons. The highest BCUT2D eigenvalue weighted by atomic mass is 32.2. The van der Waals surface area contributed by atoms with E-state index in [1.165, 1.54) is 0 Å². The molecule has 0 unspecified atom stereocenters. The van der Waals surface area contributed by atoms with E-state index < -0.39 is 10.0 Å². The second-order valence-electron chi connectivity index (χ2n) is 7.72. The molecule has 1 atom stereocenters. The van der Waals surface area contributed by atoms with Crippen LogP contribution in [0.3, 0.4) is 0 Å². The molecule has 0 fully saturated rings. The zero-order valence-corrected chi connectivity index (χ0v) is 17.9. The van der Waals surface area contributed by atoms with Crippen molar-refractivity contribution in [3.05, 3.63) is 41.1 Å². The van der Waals surface area contributed by atoms with Gasteiger partial charge in [0.2, 0.25) is 16.0 Å². The van der Waals surface area contributed by atoms with E-state index in [0.717, 1.165) is 42.0 Å². The predicted octanol–water partition coefficient (Wildman–Crippen LogP) is 1.68. The van der Waals surface area contributed by atoms with Gasteiger partial charge in [-0.15, -0.1) is 0 Å². The number of nitrogens with zero attached hydrogens (tertiary/aromatic N) is 3. The number of hydrogen-bond donors (Lipinski definition) is 3. The number of primary sulfonamides is 1. The Hall–Kier alpha value is -2.23. The molecule has 1 aromatic heterocycles. The fraction of sp³-hybridized carbons (Fsp3) is 0.500. The van der Waals surface area contributed by atoms with E-state index in [0.29, 0.717) is 12.5 Å². The number of nitrogens with one attached hydrogen (secondary N) is 1. The van der Waals surface area contributed by atoms with Crippen molar-refractivity contribution in [3.63, 3.8) is 0 Å². The van der Waals surface area contributed by atoms with E-state index >= 15 is 0 Å². The summed E-state index contributed by atoms with van der Waals surface area (Å²) >= 11 is 0. The Morgan fingerprint density at radius 3 is 2.62 bits per heavy atom.